The molecule has 0 spiro atoms. The number of carboxylic acids is 1. The Labute approximate surface area is 160 Å². The molecule has 2 atom stereocenters. The molecule has 0 radical (unpaired) electrons. The van der Waals surface area contributed by atoms with E-state index < -0.39 is 12.1 Å². The number of carbonyl (C=O) groups is 1. The zero-order chi connectivity index (χ0) is 20.0. The second-order valence-corrected chi connectivity index (χ2v) is 6.94. The fourth-order valence-corrected chi connectivity index (χ4v) is 2.36. The summed E-state index contributed by atoms with van der Waals surface area (Å²) < 4.78 is 0. The third kappa shape index (κ3) is 27.9. The largest absolute Gasteiger partial charge is 0.481 e. The van der Waals surface area contributed by atoms with Crippen LogP contribution in [0.15, 0.2) is 12.2 Å². The summed E-state index contributed by atoms with van der Waals surface area (Å²) >= 11 is 0. The summed E-state index contributed by atoms with van der Waals surface area (Å²) in [6, 6.07) is 0. The maximum Gasteiger partial charge on any atom is 0.303 e. The third-order valence-electron chi connectivity index (χ3n) is 3.99. The van der Waals surface area contributed by atoms with Gasteiger partial charge in [-0.25, -0.2) is 0 Å². The van der Waals surface area contributed by atoms with Gasteiger partial charge in [-0.15, -0.1) is 0 Å². The maximum absolute atomic E-state index is 10.3. The first-order valence-corrected chi connectivity index (χ1v) is 10.3. The van der Waals surface area contributed by atoms with Gasteiger partial charge in [0.25, 0.3) is 0 Å². The minimum absolute atomic E-state index is 0.139. The summed E-state index contributed by atoms with van der Waals surface area (Å²) in [7, 11) is 0. The molecule has 0 aromatic heterocycles. The average molecular weight is 375 g/mol. The average Bonchev–Trinajstić information content (AvgIpc) is 2.60. The van der Waals surface area contributed by atoms with Crippen molar-refractivity contribution in [3.63, 3.8) is 0 Å². The molecule has 156 valence electrons. The number of aliphatic hydroxyl groups excluding tert-OH is 3. The fraction of sp³-hybridized carbons (Fsp3) is 0.857. The number of unbranched alkanes of at least 4 members (excludes halogenated alkanes) is 8. The molecule has 0 aliphatic heterocycles. The van der Waals surface area contributed by atoms with Gasteiger partial charge in [0.2, 0.25) is 0 Å². The molecule has 0 aromatic rings. The molecular formula is C21H42O5. The SMILES string of the molecule is CC(O)CO.CCCCCC[C@@H](O)CC=CCCCCCCCC(=O)O. The number of allylic oxidation sites excluding steroid dienone is 1. The van der Waals surface area contributed by atoms with E-state index in [4.69, 9.17) is 15.3 Å². The van der Waals surface area contributed by atoms with Crippen LogP contribution in [0.5, 0.6) is 0 Å². The van der Waals surface area contributed by atoms with E-state index in [1.54, 1.807) is 0 Å². The van der Waals surface area contributed by atoms with Gasteiger partial charge in [-0.3, -0.25) is 4.79 Å². The lowest BCUT2D eigenvalue weighted by Crippen LogP contribution is -2.04. The predicted octanol–water partition coefficient (Wildman–Crippen LogP) is 4.44. The van der Waals surface area contributed by atoms with Crippen LogP contribution in [0.2, 0.25) is 0 Å². The van der Waals surface area contributed by atoms with Crippen molar-refractivity contribution >= 4 is 5.97 Å². The lowest BCUT2D eigenvalue weighted by molar-refractivity contribution is -0.137. The van der Waals surface area contributed by atoms with Crippen molar-refractivity contribution in [3.8, 4) is 0 Å². The summed E-state index contributed by atoms with van der Waals surface area (Å²) in [4.78, 5) is 10.3. The van der Waals surface area contributed by atoms with Gasteiger partial charge in [-0.05, 0) is 39.0 Å². The number of rotatable bonds is 16. The number of carboxylic acid groups (broad SMARTS) is 1. The molecule has 0 amide bonds. The summed E-state index contributed by atoms with van der Waals surface area (Å²) in [6.45, 7) is 3.59. The smallest absolute Gasteiger partial charge is 0.303 e. The number of hydrogen-bond acceptors (Lipinski definition) is 4. The third-order valence-corrected chi connectivity index (χ3v) is 3.99. The van der Waals surface area contributed by atoms with E-state index in [1.165, 1.54) is 32.6 Å². The minimum atomic E-state index is -0.689. The first-order chi connectivity index (χ1) is 12.4. The van der Waals surface area contributed by atoms with Gasteiger partial charge in [0.05, 0.1) is 18.8 Å². The van der Waals surface area contributed by atoms with E-state index in [0.717, 1.165) is 51.4 Å². The van der Waals surface area contributed by atoms with Crippen LogP contribution >= 0.6 is 0 Å². The Morgan fingerprint density at radius 2 is 1.50 bits per heavy atom. The molecule has 0 fully saturated rings. The topological polar surface area (TPSA) is 98.0 Å². The Hall–Kier alpha value is -0.910. The summed E-state index contributed by atoms with van der Waals surface area (Å²) in [6.07, 6.45) is 16.8. The Balaban J connectivity index is 0. The summed E-state index contributed by atoms with van der Waals surface area (Å²) in [5, 5.41) is 34.3. The number of aliphatic carboxylic acids is 1. The molecule has 0 bridgehead atoms. The van der Waals surface area contributed by atoms with Crippen LogP contribution in [0.1, 0.15) is 97.3 Å². The second-order valence-electron chi connectivity index (χ2n) is 6.94. The van der Waals surface area contributed by atoms with E-state index >= 15 is 0 Å². The highest BCUT2D eigenvalue weighted by Gasteiger charge is 2.00. The highest BCUT2D eigenvalue weighted by molar-refractivity contribution is 5.66. The highest BCUT2D eigenvalue weighted by Crippen LogP contribution is 2.10. The van der Waals surface area contributed by atoms with E-state index in [0.29, 0.717) is 6.42 Å². The monoisotopic (exact) mass is 374 g/mol. The van der Waals surface area contributed by atoms with E-state index in [1.807, 2.05) is 0 Å². The molecule has 0 aromatic carbocycles. The standard InChI is InChI=1S/C18H34O3.C3H8O2/c1-2-3-4-11-14-17(19)15-12-9-7-5-6-8-10-13-16-18(20)21;1-3(5)2-4/h9,12,17,19H,2-8,10-11,13-16H2,1H3,(H,20,21);3-5H,2H2,1H3/t17-;/m1./s1. The van der Waals surface area contributed by atoms with Crippen LogP contribution in [0.3, 0.4) is 0 Å². The molecule has 1 unspecified atom stereocenters. The Bertz CT molecular complexity index is 316. The number of hydrogen-bond donors (Lipinski definition) is 4. The van der Waals surface area contributed by atoms with Crippen LogP contribution in [-0.2, 0) is 4.79 Å². The zero-order valence-electron chi connectivity index (χ0n) is 16.9. The van der Waals surface area contributed by atoms with E-state index in [9.17, 15) is 9.90 Å². The lowest BCUT2D eigenvalue weighted by Gasteiger charge is -2.07. The molecule has 0 rings (SSSR count). The van der Waals surface area contributed by atoms with Gasteiger partial charge in [0.15, 0.2) is 0 Å². The Morgan fingerprint density at radius 1 is 0.923 bits per heavy atom. The Kier molecular flexibility index (Phi) is 23.2. The van der Waals surface area contributed by atoms with Gasteiger partial charge < -0.3 is 20.4 Å². The van der Waals surface area contributed by atoms with Crippen molar-refractivity contribution in [2.24, 2.45) is 0 Å². The summed E-state index contributed by atoms with van der Waals surface area (Å²) in [5.41, 5.74) is 0. The minimum Gasteiger partial charge on any atom is -0.481 e. The van der Waals surface area contributed by atoms with Crippen molar-refractivity contribution in [3.05, 3.63) is 12.2 Å². The van der Waals surface area contributed by atoms with E-state index in [2.05, 4.69) is 19.1 Å². The lowest BCUT2D eigenvalue weighted by atomic mass is 10.1. The molecule has 0 aliphatic rings. The van der Waals surface area contributed by atoms with Crippen molar-refractivity contribution in [1.82, 2.24) is 0 Å². The van der Waals surface area contributed by atoms with Gasteiger partial charge in [0, 0.05) is 6.42 Å². The van der Waals surface area contributed by atoms with Gasteiger partial charge >= 0.3 is 5.97 Å². The molecule has 26 heavy (non-hydrogen) atoms. The van der Waals surface area contributed by atoms with Gasteiger partial charge in [-0.1, -0.05) is 64.0 Å². The molecule has 0 saturated heterocycles. The molecule has 5 nitrogen and oxygen atoms in total. The van der Waals surface area contributed by atoms with Crippen LogP contribution in [-0.4, -0.2) is 45.2 Å². The maximum atomic E-state index is 10.3. The van der Waals surface area contributed by atoms with Crippen LogP contribution < -0.4 is 0 Å². The second kappa shape index (κ2) is 22.1. The predicted molar refractivity (Wildman–Crippen MR) is 107 cm³/mol. The van der Waals surface area contributed by atoms with Crippen molar-refractivity contribution < 1.29 is 25.2 Å². The molecule has 5 heteroatoms. The molecular weight excluding hydrogens is 332 g/mol. The first kappa shape index (κ1) is 27.3. The number of aliphatic hydroxyl groups is 3. The van der Waals surface area contributed by atoms with Crippen LogP contribution in [0.25, 0.3) is 0 Å². The van der Waals surface area contributed by atoms with Crippen LogP contribution in [0, 0.1) is 0 Å². The molecule has 0 aliphatic carbocycles. The van der Waals surface area contributed by atoms with Gasteiger partial charge in [-0.2, -0.15) is 0 Å². The Morgan fingerprint density at radius 3 is 2.08 bits per heavy atom. The van der Waals surface area contributed by atoms with Crippen LogP contribution in [0.4, 0.5) is 0 Å². The molecule has 0 saturated carbocycles. The quantitative estimate of drug-likeness (QED) is 0.236. The van der Waals surface area contributed by atoms with Crippen molar-refractivity contribution in [2.45, 2.75) is 110 Å². The fourth-order valence-electron chi connectivity index (χ4n) is 2.36. The van der Waals surface area contributed by atoms with Gasteiger partial charge in [0.1, 0.15) is 0 Å². The van der Waals surface area contributed by atoms with E-state index in [-0.39, 0.29) is 12.7 Å². The summed E-state index contributed by atoms with van der Waals surface area (Å²) in [5.74, 6) is -0.689. The molecule has 0 heterocycles. The molecule has 4 N–H and O–H groups in total. The van der Waals surface area contributed by atoms with Crippen molar-refractivity contribution in [1.29, 1.82) is 0 Å². The normalized spacial score (nSPS) is 13.3. The van der Waals surface area contributed by atoms with Crippen molar-refractivity contribution in [2.75, 3.05) is 6.61 Å². The zero-order valence-corrected chi connectivity index (χ0v) is 16.9. The highest BCUT2D eigenvalue weighted by atomic mass is 16.4. The first-order valence-electron chi connectivity index (χ1n) is 10.3.